The molecule has 0 radical (unpaired) electrons. The maximum Gasteiger partial charge on any atom is 0.318 e. The third-order valence-electron chi connectivity index (χ3n) is 5.44. The van der Waals surface area contributed by atoms with Crippen molar-refractivity contribution in [2.45, 2.75) is 36.8 Å². The Balaban J connectivity index is 1.67. The average Bonchev–Trinajstić information content (AvgIpc) is 3.60. The first-order chi connectivity index (χ1) is 14.9. The van der Waals surface area contributed by atoms with Crippen molar-refractivity contribution in [1.29, 1.82) is 0 Å². The molecule has 2 heterocycles. The molecule has 1 saturated carbocycles. The zero-order valence-corrected chi connectivity index (χ0v) is 18.5. The SMILES string of the molecule is CNC(=O)Nc1ccc(-c2nc(CS(=O)(=O)C3CC3)cc(N3CCOC[C@@H]3C)n2)cc1. The standard InChI is InChI=1S/C21H27N5O4S/c1-14-12-30-10-9-26(14)19-11-17(13-31(28,29)18-7-8-18)23-20(25-19)15-3-5-16(6-4-15)24-21(27)22-2/h3-6,11,14,18H,7-10,12-13H2,1-2H3,(H2,22,24,27)/t14-/m0/s1. The molecule has 9 nitrogen and oxygen atoms in total. The van der Waals surface area contributed by atoms with Gasteiger partial charge >= 0.3 is 6.03 Å². The first kappa shape index (κ1) is 21.5. The monoisotopic (exact) mass is 445 g/mol. The molecule has 0 spiro atoms. The van der Waals surface area contributed by atoms with Crippen LogP contribution in [0.4, 0.5) is 16.3 Å². The molecule has 2 aromatic rings. The van der Waals surface area contributed by atoms with Crippen molar-refractivity contribution in [1.82, 2.24) is 15.3 Å². The van der Waals surface area contributed by atoms with Crippen LogP contribution in [0.1, 0.15) is 25.5 Å². The van der Waals surface area contributed by atoms with E-state index in [9.17, 15) is 13.2 Å². The van der Waals surface area contributed by atoms with E-state index in [4.69, 9.17) is 9.72 Å². The zero-order chi connectivity index (χ0) is 22.0. The van der Waals surface area contributed by atoms with Crippen LogP contribution in [0, 0.1) is 0 Å². The highest BCUT2D eigenvalue weighted by atomic mass is 32.2. The minimum absolute atomic E-state index is 0.0881. The molecule has 2 N–H and O–H groups in total. The lowest BCUT2D eigenvalue weighted by Gasteiger charge is -2.34. The summed E-state index contributed by atoms with van der Waals surface area (Å²) in [5.41, 5.74) is 1.88. The molecule has 2 aliphatic rings. The summed E-state index contributed by atoms with van der Waals surface area (Å²) in [6, 6.07) is 8.76. The molecule has 1 aromatic heterocycles. The molecule has 1 saturated heterocycles. The second kappa shape index (κ2) is 8.80. The highest BCUT2D eigenvalue weighted by molar-refractivity contribution is 7.91. The summed E-state index contributed by atoms with van der Waals surface area (Å²) < 4.78 is 30.7. The van der Waals surface area contributed by atoms with E-state index in [1.165, 1.54) is 0 Å². The summed E-state index contributed by atoms with van der Waals surface area (Å²) in [6.45, 7) is 3.93. The van der Waals surface area contributed by atoms with E-state index in [1.807, 2.05) is 12.1 Å². The fourth-order valence-corrected chi connectivity index (χ4v) is 5.20. The minimum atomic E-state index is -3.21. The Hall–Kier alpha value is -2.72. The number of nitrogens with zero attached hydrogens (tertiary/aromatic N) is 3. The number of hydrogen-bond donors (Lipinski definition) is 2. The van der Waals surface area contributed by atoms with Crippen LogP contribution in [0.5, 0.6) is 0 Å². The highest BCUT2D eigenvalue weighted by Crippen LogP contribution is 2.32. The number of hydrogen-bond acceptors (Lipinski definition) is 7. The van der Waals surface area contributed by atoms with Gasteiger partial charge in [0, 0.05) is 30.9 Å². The van der Waals surface area contributed by atoms with Crippen molar-refractivity contribution < 1.29 is 17.9 Å². The van der Waals surface area contributed by atoms with Gasteiger partial charge in [0.2, 0.25) is 0 Å². The van der Waals surface area contributed by atoms with Crippen LogP contribution >= 0.6 is 0 Å². The quantitative estimate of drug-likeness (QED) is 0.701. The Labute approximate surface area is 182 Å². The molecule has 1 atom stereocenters. The summed E-state index contributed by atoms with van der Waals surface area (Å²) in [5, 5.41) is 4.97. The van der Waals surface area contributed by atoms with Gasteiger partial charge in [0.05, 0.1) is 36.0 Å². The third-order valence-corrected chi connectivity index (χ3v) is 7.62. The van der Waals surface area contributed by atoms with Crippen molar-refractivity contribution in [2.24, 2.45) is 0 Å². The molecule has 31 heavy (non-hydrogen) atoms. The second-order valence-electron chi connectivity index (χ2n) is 7.95. The molecule has 1 aliphatic carbocycles. The molecule has 0 bridgehead atoms. The molecule has 0 unspecified atom stereocenters. The highest BCUT2D eigenvalue weighted by Gasteiger charge is 2.36. The van der Waals surface area contributed by atoms with Gasteiger partial charge in [-0.2, -0.15) is 0 Å². The van der Waals surface area contributed by atoms with Gasteiger partial charge in [-0.15, -0.1) is 0 Å². The lowest BCUT2D eigenvalue weighted by Crippen LogP contribution is -2.44. The molecule has 4 rings (SSSR count). The predicted molar refractivity (Wildman–Crippen MR) is 119 cm³/mol. The lowest BCUT2D eigenvalue weighted by atomic mass is 10.2. The van der Waals surface area contributed by atoms with Gasteiger partial charge < -0.3 is 20.3 Å². The number of aromatic nitrogens is 2. The van der Waals surface area contributed by atoms with Crippen molar-refractivity contribution in [3.63, 3.8) is 0 Å². The number of amides is 2. The summed E-state index contributed by atoms with van der Waals surface area (Å²) in [6.07, 6.45) is 1.46. The number of urea groups is 1. The molecule has 1 aromatic carbocycles. The number of anilines is 2. The Kier molecular flexibility index (Phi) is 6.10. The first-order valence-electron chi connectivity index (χ1n) is 10.4. The third kappa shape index (κ3) is 5.13. The van der Waals surface area contributed by atoms with Crippen LogP contribution in [-0.4, -0.2) is 62.5 Å². The van der Waals surface area contributed by atoms with Gasteiger partial charge in [-0.25, -0.2) is 23.2 Å². The van der Waals surface area contributed by atoms with Crippen molar-refractivity contribution >= 4 is 27.4 Å². The number of carbonyl (C=O) groups excluding carboxylic acids is 1. The van der Waals surface area contributed by atoms with E-state index in [0.29, 0.717) is 42.8 Å². The second-order valence-corrected chi connectivity index (χ2v) is 10.2. The van der Waals surface area contributed by atoms with Gasteiger partial charge in [0.25, 0.3) is 0 Å². The number of carbonyl (C=O) groups is 1. The molecular formula is C21H27N5O4S. The van der Waals surface area contributed by atoms with E-state index in [1.54, 1.807) is 25.2 Å². The zero-order valence-electron chi connectivity index (χ0n) is 17.7. The number of nitrogens with one attached hydrogen (secondary N) is 2. The topological polar surface area (TPSA) is 114 Å². The fourth-order valence-electron chi connectivity index (χ4n) is 3.55. The number of sulfone groups is 1. The number of benzene rings is 1. The van der Waals surface area contributed by atoms with Crippen LogP contribution in [0.3, 0.4) is 0 Å². The average molecular weight is 446 g/mol. The first-order valence-corrected chi connectivity index (χ1v) is 12.1. The van der Waals surface area contributed by atoms with Gasteiger partial charge in [0.1, 0.15) is 5.82 Å². The van der Waals surface area contributed by atoms with Crippen LogP contribution < -0.4 is 15.5 Å². The minimum Gasteiger partial charge on any atom is -0.377 e. The summed E-state index contributed by atoms with van der Waals surface area (Å²) >= 11 is 0. The number of ether oxygens (including phenoxy) is 1. The molecule has 1 aliphatic heterocycles. The van der Waals surface area contributed by atoms with E-state index in [2.05, 4.69) is 27.4 Å². The van der Waals surface area contributed by atoms with Crippen LogP contribution in [-0.2, 0) is 20.3 Å². The Bertz CT molecular complexity index is 1050. The van der Waals surface area contributed by atoms with Crippen molar-refractivity contribution in [2.75, 3.05) is 37.0 Å². The Morgan fingerprint density at radius 3 is 2.61 bits per heavy atom. The Morgan fingerprint density at radius 1 is 1.23 bits per heavy atom. The number of rotatable bonds is 6. The van der Waals surface area contributed by atoms with E-state index in [-0.39, 0.29) is 23.1 Å². The molecular weight excluding hydrogens is 418 g/mol. The van der Waals surface area contributed by atoms with E-state index >= 15 is 0 Å². The van der Waals surface area contributed by atoms with Gasteiger partial charge in [-0.05, 0) is 44.0 Å². The summed E-state index contributed by atoms with van der Waals surface area (Å²) in [5.74, 6) is 1.08. The van der Waals surface area contributed by atoms with Gasteiger partial charge in [-0.3, -0.25) is 0 Å². The van der Waals surface area contributed by atoms with Crippen molar-refractivity contribution in [3.8, 4) is 11.4 Å². The van der Waals surface area contributed by atoms with Crippen molar-refractivity contribution in [3.05, 3.63) is 36.0 Å². The van der Waals surface area contributed by atoms with Gasteiger partial charge in [-0.1, -0.05) is 0 Å². The summed E-state index contributed by atoms with van der Waals surface area (Å²) in [7, 11) is -1.66. The number of morpholine rings is 1. The molecule has 2 fully saturated rings. The van der Waals surface area contributed by atoms with Crippen LogP contribution in [0.15, 0.2) is 30.3 Å². The maximum absolute atomic E-state index is 12.6. The Morgan fingerprint density at radius 2 is 1.97 bits per heavy atom. The van der Waals surface area contributed by atoms with E-state index < -0.39 is 9.84 Å². The normalized spacial score (nSPS) is 19.2. The smallest absolute Gasteiger partial charge is 0.318 e. The molecule has 2 amide bonds. The van der Waals surface area contributed by atoms with Crippen LogP contribution in [0.25, 0.3) is 11.4 Å². The molecule has 166 valence electrons. The lowest BCUT2D eigenvalue weighted by molar-refractivity contribution is 0.0985. The van der Waals surface area contributed by atoms with E-state index in [0.717, 1.165) is 18.4 Å². The van der Waals surface area contributed by atoms with Gasteiger partial charge in [0.15, 0.2) is 15.7 Å². The van der Waals surface area contributed by atoms with Crippen LogP contribution in [0.2, 0.25) is 0 Å². The largest absolute Gasteiger partial charge is 0.377 e. The maximum atomic E-state index is 12.6. The fraction of sp³-hybridized carbons (Fsp3) is 0.476. The predicted octanol–water partition coefficient (Wildman–Crippen LogP) is 2.20. The molecule has 10 heteroatoms. The summed E-state index contributed by atoms with van der Waals surface area (Å²) in [4.78, 5) is 23.0.